The van der Waals surface area contributed by atoms with Crippen LogP contribution in [0.3, 0.4) is 0 Å². The number of H-pyrrole nitrogens is 1. The molecule has 0 aliphatic rings. The number of nitrogens with one attached hydrogen (secondary N) is 1. The van der Waals surface area contributed by atoms with Gasteiger partial charge < -0.3 is 4.98 Å². The monoisotopic (exact) mass is 142 g/mol. The van der Waals surface area contributed by atoms with Crippen molar-refractivity contribution in [1.82, 2.24) is 9.55 Å². The van der Waals surface area contributed by atoms with Crippen molar-refractivity contribution in [2.45, 2.75) is 0 Å². The van der Waals surface area contributed by atoms with Crippen molar-refractivity contribution in [2.75, 3.05) is 0 Å². The summed E-state index contributed by atoms with van der Waals surface area (Å²) < 4.78 is 1.82. The van der Waals surface area contributed by atoms with Crippen molar-refractivity contribution in [3.05, 3.63) is 27.4 Å². The van der Waals surface area contributed by atoms with E-state index < -0.39 is 0 Å². The standard InChI is InChI=1S/C5H6N2OS/c1-7-4(8)2-3-6-5(7)9/h2-3H,1H3,(H,6,9). The summed E-state index contributed by atoms with van der Waals surface area (Å²) in [6.45, 7) is 0. The van der Waals surface area contributed by atoms with Crippen LogP contribution < -0.4 is 5.56 Å². The van der Waals surface area contributed by atoms with Gasteiger partial charge in [-0.3, -0.25) is 9.36 Å². The Morgan fingerprint density at radius 1 is 1.78 bits per heavy atom. The van der Waals surface area contributed by atoms with E-state index in [1.807, 2.05) is 0 Å². The first-order valence-corrected chi connectivity index (χ1v) is 2.87. The van der Waals surface area contributed by atoms with Crippen molar-refractivity contribution in [3.8, 4) is 0 Å². The van der Waals surface area contributed by atoms with E-state index >= 15 is 0 Å². The zero-order valence-corrected chi connectivity index (χ0v) is 5.73. The highest BCUT2D eigenvalue weighted by Gasteiger charge is 1.85. The van der Waals surface area contributed by atoms with Crippen LogP contribution >= 0.6 is 12.2 Å². The molecule has 0 saturated carbocycles. The van der Waals surface area contributed by atoms with Gasteiger partial charge in [0.25, 0.3) is 5.56 Å². The highest BCUT2D eigenvalue weighted by Crippen LogP contribution is 1.74. The van der Waals surface area contributed by atoms with E-state index in [1.54, 1.807) is 7.05 Å². The number of aromatic amines is 1. The first-order valence-electron chi connectivity index (χ1n) is 2.46. The Balaban J connectivity index is 3.62. The average Bonchev–Trinajstić information content (AvgIpc) is 1.83. The third-order valence-electron chi connectivity index (χ3n) is 1.07. The second kappa shape index (κ2) is 2.14. The number of aromatic nitrogens is 2. The molecule has 4 heteroatoms. The topological polar surface area (TPSA) is 37.8 Å². The second-order valence-electron chi connectivity index (χ2n) is 1.68. The van der Waals surface area contributed by atoms with Crippen LogP contribution in [0.1, 0.15) is 0 Å². The first kappa shape index (κ1) is 6.22. The normalized spacial score (nSPS) is 9.44. The first-order chi connectivity index (χ1) is 4.22. The third kappa shape index (κ3) is 1.08. The summed E-state index contributed by atoms with van der Waals surface area (Å²) in [5.41, 5.74) is -0.0845. The molecule has 0 bridgehead atoms. The smallest absolute Gasteiger partial charge is 0.253 e. The molecule has 0 aliphatic heterocycles. The van der Waals surface area contributed by atoms with Crippen molar-refractivity contribution in [2.24, 2.45) is 7.05 Å². The SMILES string of the molecule is Cn1c(=O)cc[nH]c1=S. The Labute approximate surface area is 57.0 Å². The Kier molecular flexibility index (Phi) is 1.48. The van der Waals surface area contributed by atoms with E-state index in [0.717, 1.165) is 0 Å². The fourth-order valence-electron chi connectivity index (χ4n) is 0.493. The van der Waals surface area contributed by atoms with E-state index in [4.69, 9.17) is 12.2 Å². The molecule has 1 aromatic heterocycles. The average molecular weight is 142 g/mol. The summed E-state index contributed by atoms with van der Waals surface area (Å²) >= 11 is 4.75. The molecule has 0 atom stereocenters. The molecule has 48 valence electrons. The lowest BCUT2D eigenvalue weighted by atomic mass is 10.6. The van der Waals surface area contributed by atoms with Crippen LogP contribution in [-0.2, 0) is 7.05 Å². The minimum atomic E-state index is -0.0845. The van der Waals surface area contributed by atoms with Gasteiger partial charge in [0.2, 0.25) is 0 Å². The molecule has 1 rings (SSSR count). The van der Waals surface area contributed by atoms with Gasteiger partial charge in [0.05, 0.1) is 0 Å². The molecule has 0 fully saturated rings. The van der Waals surface area contributed by atoms with Crippen LogP contribution in [0, 0.1) is 4.77 Å². The molecule has 0 aliphatic carbocycles. The number of rotatable bonds is 0. The molecule has 1 N–H and O–H groups in total. The minimum absolute atomic E-state index is 0.0845. The molecule has 0 spiro atoms. The number of nitrogens with zero attached hydrogens (tertiary/aromatic N) is 1. The quantitative estimate of drug-likeness (QED) is 0.534. The summed E-state index contributed by atoms with van der Waals surface area (Å²) in [6, 6.07) is 1.43. The van der Waals surface area contributed by atoms with Gasteiger partial charge in [-0.1, -0.05) is 0 Å². The van der Waals surface area contributed by atoms with Gasteiger partial charge in [0, 0.05) is 19.3 Å². The lowest BCUT2D eigenvalue weighted by Crippen LogP contribution is -2.15. The summed E-state index contributed by atoms with van der Waals surface area (Å²) in [7, 11) is 1.63. The van der Waals surface area contributed by atoms with Crippen molar-refractivity contribution in [3.63, 3.8) is 0 Å². The van der Waals surface area contributed by atoms with Crippen molar-refractivity contribution < 1.29 is 0 Å². The van der Waals surface area contributed by atoms with E-state index in [2.05, 4.69) is 4.98 Å². The summed E-state index contributed by atoms with van der Waals surface area (Å²) in [6.07, 6.45) is 1.53. The van der Waals surface area contributed by atoms with Crippen LogP contribution in [0.25, 0.3) is 0 Å². The highest BCUT2D eigenvalue weighted by atomic mass is 32.1. The Morgan fingerprint density at radius 2 is 2.44 bits per heavy atom. The van der Waals surface area contributed by atoms with E-state index in [9.17, 15) is 4.79 Å². The second-order valence-corrected chi connectivity index (χ2v) is 2.07. The summed E-state index contributed by atoms with van der Waals surface area (Å²) in [4.78, 5) is 13.4. The van der Waals surface area contributed by atoms with Gasteiger partial charge >= 0.3 is 0 Å². The lowest BCUT2D eigenvalue weighted by molar-refractivity contribution is 0.805. The molecule has 0 saturated heterocycles. The van der Waals surface area contributed by atoms with Gasteiger partial charge in [-0.15, -0.1) is 0 Å². The molecule has 0 unspecified atom stereocenters. The largest absolute Gasteiger partial charge is 0.339 e. The minimum Gasteiger partial charge on any atom is -0.339 e. The molecule has 0 radical (unpaired) electrons. The predicted octanol–water partition coefficient (Wildman–Crippen LogP) is 0.443. The fraction of sp³-hybridized carbons (Fsp3) is 0.200. The van der Waals surface area contributed by atoms with Gasteiger partial charge in [-0.05, 0) is 12.2 Å². The maximum atomic E-state index is 10.7. The molecule has 9 heavy (non-hydrogen) atoms. The van der Waals surface area contributed by atoms with E-state index in [0.29, 0.717) is 4.77 Å². The summed E-state index contributed by atoms with van der Waals surface area (Å²) in [5, 5.41) is 0. The molecular weight excluding hydrogens is 136 g/mol. The van der Waals surface area contributed by atoms with Crippen LogP contribution in [0.5, 0.6) is 0 Å². The molecule has 1 aromatic rings. The molecule has 3 nitrogen and oxygen atoms in total. The molecule has 1 heterocycles. The Morgan fingerprint density at radius 3 is 2.89 bits per heavy atom. The van der Waals surface area contributed by atoms with E-state index in [1.165, 1.54) is 16.8 Å². The predicted molar refractivity (Wildman–Crippen MR) is 36.9 cm³/mol. The fourth-order valence-corrected chi connectivity index (χ4v) is 0.651. The summed E-state index contributed by atoms with van der Waals surface area (Å²) in [5.74, 6) is 0. The van der Waals surface area contributed by atoms with Crippen molar-refractivity contribution in [1.29, 1.82) is 0 Å². The lowest BCUT2D eigenvalue weighted by Gasteiger charge is -1.91. The van der Waals surface area contributed by atoms with E-state index in [-0.39, 0.29) is 5.56 Å². The van der Waals surface area contributed by atoms with Crippen LogP contribution in [0.4, 0.5) is 0 Å². The molecule has 0 aromatic carbocycles. The number of hydrogen-bond donors (Lipinski definition) is 1. The van der Waals surface area contributed by atoms with Gasteiger partial charge in [0.15, 0.2) is 4.77 Å². The maximum Gasteiger partial charge on any atom is 0.253 e. The third-order valence-corrected chi connectivity index (χ3v) is 1.46. The van der Waals surface area contributed by atoms with Crippen LogP contribution in [0.15, 0.2) is 17.1 Å². The number of hydrogen-bond acceptors (Lipinski definition) is 2. The van der Waals surface area contributed by atoms with Crippen molar-refractivity contribution >= 4 is 12.2 Å². The highest BCUT2D eigenvalue weighted by molar-refractivity contribution is 7.71. The Hall–Kier alpha value is -0.900. The molecule has 0 amide bonds. The van der Waals surface area contributed by atoms with Gasteiger partial charge in [-0.2, -0.15) is 0 Å². The van der Waals surface area contributed by atoms with Crippen LogP contribution in [0.2, 0.25) is 0 Å². The molecular formula is C5H6N2OS. The zero-order valence-electron chi connectivity index (χ0n) is 4.92. The van der Waals surface area contributed by atoms with Crippen LogP contribution in [-0.4, -0.2) is 9.55 Å². The zero-order chi connectivity index (χ0) is 6.85. The van der Waals surface area contributed by atoms with Gasteiger partial charge in [0.1, 0.15) is 0 Å². The van der Waals surface area contributed by atoms with Gasteiger partial charge in [-0.25, -0.2) is 0 Å². The maximum absolute atomic E-state index is 10.7. The Bertz CT molecular complexity index is 283.